The van der Waals surface area contributed by atoms with Gasteiger partial charge in [-0.25, -0.2) is 4.79 Å². The van der Waals surface area contributed by atoms with Crippen LogP contribution in [0.25, 0.3) is 64.6 Å². The van der Waals surface area contributed by atoms with E-state index in [1.54, 1.807) is 226 Å². The number of ketones is 4. The molecule has 12 rings (SSSR count). The fourth-order valence-electron chi connectivity index (χ4n) is 12.7. The number of Topliss-reactive ketones (excluding diaryl/α,β-unsaturated/α-hetero) is 4. The van der Waals surface area contributed by atoms with Crippen molar-refractivity contribution in [1.29, 1.82) is 0 Å². The topological polar surface area (TPSA) is 318 Å². The Morgan fingerprint density at radius 2 is 0.648 bits per heavy atom. The van der Waals surface area contributed by atoms with E-state index in [0.717, 1.165) is 40.9 Å². The van der Waals surface area contributed by atoms with Crippen LogP contribution in [0.1, 0.15) is 133 Å². The molecule has 5 N–H and O–H groups in total. The minimum absolute atomic E-state index is 0.00505. The molecule has 0 bridgehead atoms. The Bertz CT molecular complexity index is 6210. The molecule has 7 unspecified atom stereocenters. The number of halogens is 11. The molecule has 0 fully saturated rings. The van der Waals surface area contributed by atoms with E-state index >= 15 is 0 Å². The van der Waals surface area contributed by atoms with Crippen molar-refractivity contribution in [2.45, 2.75) is 96.0 Å². The number of hydrogen-bond donors (Lipinski definition) is 5. The van der Waals surface area contributed by atoms with Crippen LogP contribution in [0.3, 0.4) is 0 Å². The van der Waals surface area contributed by atoms with E-state index in [9.17, 15) is 71.5 Å². The molecule has 0 aliphatic carbocycles. The third-order valence-electron chi connectivity index (χ3n) is 18.2. The standard InChI is InChI=1S/C25H24Cl3O6PS.C25H25Cl2O7PS.C20H16Cl3O3PS.C19H14Cl3O4PS/c1-25(2,3)24(30)33-14-34-35(31,32)23(20-13-36-22-8-7-16(26)12-19(20)22)21(29)6-4-5-15-9-17(27)11-18(28)10-15;1-15(2)34-25(29)32-14-33-35(30,31)24(21-13-36-23-8-7-18(26)12-20(21)23)22(28)6-4-5-17-9-16(3)10-19(27)11-17;1-27(25,26)20(17-11-28-19-6-5-13(21)10-16(17)19)18(24)4-2-3-12-7-14(22)9-15(23)8-12;20-12-4-5-18-15(9-12)16(10-28-18)19(27(24,25)26)17(23)3-1-2-11-6-13(21)8-14(22)7-11/h4-5,7-13,23H,6,14H2,1-3H3,(H,31,32);4-5,7-13,15,24H,6,14H2,1-3H3,(H,30,31);2-3,5-11,20H,4H2,1H3,(H,25,26);1-2,4-10,19H,3H2,(H2,24,25,26)/b2*5-4+;3-2+;2-1+. The minimum Gasteiger partial charge on any atom is -0.438 e. The molecular weight excluding hydrogens is 2030 g/mol. The molecule has 0 saturated heterocycles. The number of benzene rings is 8. The van der Waals surface area contributed by atoms with Gasteiger partial charge in [0.1, 0.15) is 22.6 Å². The molecule has 0 amide bonds. The molecule has 0 spiro atoms. The van der Waals surface area contributed by atoms with Crippen LogP contribution in [0.4, 0.5) is 4.79 Å². The Morgan fingerprint density at radius 1 is 0.375 bits per heavy atom. The predicted molar refractivity (Wildman–Crippen MR) is 526 cm³/mol. The predicted octanol–water partition coefficient (Wildman–Crippen LogP) is 30.5. The average Bonchev–Trinajstić information content (AvgIpc) is 1.64. The second kappa shape index (κ2) is 47.1. The number of fused-ring (bicyclic) bond motifs is 4. The molecule has 0 radical (unpaired) electrons. The summed E-state index contributed by atoms with van der Waals surface area (Å²) in [6.07, 6.45) is 11.1. The lowest BCUT2D eigenvalue weighted by Gasteiger charge is -2.22. The van der Waals surface area contributed by atoms with Crippen molar-refractivity contribution in [2.75, 3.05) is 20.3 Å². The molecule has 20 nitrogen and oxygen atoms in total. The van der Waals surface area contributed by atoms with Crippen molar-refractivity contribution in [3.8, 4) is 0 Å². The van der Waals surface area contributed by atoms with Crippen molar-refractivity contribution in [2.24, 2.45) is 5.41 Å². The molecule has 128 heavy (non-hydrogen) atoms. The van der Waals surface area contributed by atoms with Gasteiger partial charge in [0.25, 0.3) is 0 Å². The Kier molecular flexibility index (Phi) is 38.9. The summed E-state index contributed by atoms with van der Waals surface area (Å²) in [6, 6.07) is 40.9. The minimum atomic E-state index is -4.73. The lowest BCUT2D eigenvalue weighted by molar-refractivity contribution is -0.160. The SMILES string of the molecule is CC(C)(C)C(=O)OCOP(=O)(O)C(C(=O)C/C=C/c1cc(Cl)cc(Cl)c1)c1csc2ccc(Cl)cc12.CP(=O)(O)C(C(=O)C/C=C/c1cc(Cl)cc(Cl)c1)c1csc2ccc(Cl)cc12.Cc1cc(Cl)cc(/C=C/CC(=O)C(c2csc3ccc(Cl)cc23)P(=O)(O)OCOC(=O)OC(C)C)c1.O=C(C/C=C/c1cc(Cl)cc(Cl)c1)C(c1csc2ccc(Cl)cc12)P(=O)(O)O. The van der Waals surface area contributed by atoms with Crippen molar-refractivity contribution in [1.82, 2.24) is 0 Å². The van der Waals surface area contributed by atoms with Gasteiger partial charge in [0.2, 0.25) is 21.0 Å². The highest BCUT2D eigenvalue weighted by Crippen LogP contribution is 2.62. The Hall–Kier alpha value is -6.19. The maximum absolute atomic E-state index is 13.4. The Labute approximate surface area is 808 Å². The van der Waals surface area contributed by atoms with Crippen molar-refractivity contribution >= 4 is 303 Å². The Balaban J connectivity index is 0.000000194. The van der Waals surface area contributed by atoms with Gasteiger partial charge in [-0.3, -0.25) is 51.3 Å². The summed E-state index contributed by atoms with van der Waals surface area (Å²) in [5.41, 5.74) is -1.22. The number of thiophene rings is 4. The molecule has 4 heterocycles. The molecule has 12 aromatic rings. The van der Waals surface area contributed by atoms with E-state index in [2.05, 4.69) is 0 Å². The first-order chi connectivity index (χ1) is 60.0. The molecule has 0 saturated carbocycles. The van der Waals surface area contributed by atoms with Gasteiger partial charge in [-0.15, -0.1) is 45.3 Å². The molecule has 8 aromatic carbocycles. The highest BCUT2D eigenvalue weighted by Gasteiger charge is 2.44. The molecule has 0 aliphatic heterocycles. The number of hydrogen-bond acceptors (Lipinski definition) is 19. The van der Waals surface area contributed by atoms with Crippen LogP contribution >= 0.6 is 203 Å². The number of carbonyl (C=O) groups is 6. The summed E-state index contributed by atoms with van der Waals surface area (Å²) in [4.78, 5) is 128. The zero-order valence-electron chi connectivity index (χ0n) is 68.4. The van der Waals surface area contributed by atoms with Crippen LogP contribution in [-0.2, 0) is 65.5 Å². The average molecular weight is 2110 g/mol. The van der Waals surface area contributed by atoms with Crippen molar-refractivity contribution in [3.63, 3.8) is 0 Å². The molecule has 39 heteroatoms. The van der Waals surface area contributed by atoms with Gasteiger partial charge in [0.15, 0.2) is 23.1 Å². The second-order valence-electron chi connectivity index (χ2n) is 29.8. The molecule has 7 atom stereocenters. The number of carbonyl (C=O) groups excluding carboxylic acids is 6. The highest BCUT2D eigenvalue weighted by atomic mass is 35.5. The zero-order valence-corrected chi connectivity index (χ0v) is 83.5. The summed E-state index contributed by atoms with van der Waals surface area (Å²) in [7, 11) is -17.8. The monoisotopic (exact) mass is 2100 g/mol. The van der Waals surface area contributed by atoms with Gasteiger partial charge in [-0.1, -0.05) is 182 Å². The highest BCUT2D eigenvalue weighted by molar-refractivity contribution is 7.58. The summed E-state index contributed by atoms with van der Waals surface area (Å²) in [5.74, 6) is -2.65. The number of ether oxygens (including phenoxy) is 3. The van der Waals surface area contributed by atoms with Crippen LogP contribution in [-0.4, -0.2) is 86.1 Å². The zero-order chi connectivity index (χ0) is 94.1. The molecule has 0 aliphatic rings. The fraction of sp³-hybridized carbons (Fsp3) is 0.213. The lowest BCUT2D eigenvalue weighted by Crippen LogP contribution is -2.24. The van der Waals surface area contributed by atoms with Gasteiger partial charge in [-0.05, 0) is 274 Å². The van der Waals surface area contributed by atoms with E-state index in [0.29, 0.717) is 105 Å². The van der Waals surface area contributed by atoms with Crippen LogP contribution < -0.4 is 0 Å². The summed E-state index contributed by atoms with van der Waals surface area (Å²) in [6.45, 7) is 9.65. The molecule has 4 aromatic heterocycles. The third kappa shape index (κ3) is 30.9. The van der Waals surface area contributed by atoms with E-state index in [-0.39, 0.29) is 31.5 Å². The van der Waals surface area contributed by atoms with Crippen LogP contribution in [0, 0.1) is 12.3 Å². The van der Waals surface area contributed by atoms with Gasteiger partial charge in [0.05, 0.1) is 11.5 Å². The first-order valence-corrected chi connectivity index (χ1v) is 52.8. The smallest absolute Gasteiger partial charge is 0.438 e. The Morgan fingerprint density at radius 3 is 0.938 bits per heavy atom. The number of esters is 1. The van der Waals surface area contributed by atoms with Crippen LogP contribution in [0.5, 0.6) is 0 Å². The maximum Gasteiger partial charge on any atom is 0.510 e. The third-order valence-corrected chi connectivity index (χ3v) is 30.7. The molecular formula is C89H79Cl11O20P4S4. The maximum atomic E-state index is 13.4. The second-order valence-corrected chi connectivity index (χ2v) is 46.1. The summed E-state index contributed by atoms with van der Waals surface area (Å²) >= 11 is 71.7. The van der Waals surface area contributed by atoms with E-state index in [1.807, 2.05) is 25.1 Å². The normalized spacial score (nSPS) is 14.3. The van der Waals surface area contributed by atoms with Crippen LogP contribution in [0.2, 0.25) is 55.2 Å². The fourth-order valence-corrected chi connectivity index (χ4v) is 24.8. The van der Waals surface area contributed by atoms with Gasteiger partial charge in [0, 0.05) is 106 Å². The number of rotatable bonds is 31. The van der Waals surface area contributed by atoms with E-state index < -0.39 is 107 Å². The quantitative estimate of drug-likeness (QED) is 0.0153. The number of allylic oxidation sites excluding steroid dienone is 4. The summed E-state index contributed by atoms with van der Waals surface area (Å²) < 4.78 is 79.4. The van der Waals surface area contributed by atoms with Gasteiger partial charge >= 0.3 is 34.9 Å². The summed E-state index contributed by atoms with van der Waals surface area (Å²) in [5, 5.41) is 14.2. The molecule has 676 valence electrons. The van der Waals surface area contributed by atoms with Crippen molar-refractivity contribution in [3.05, 3.63) is 297 Å². The van der Waals surface area contributed by atoms with E-state index in [1.165, 1.54) is 58.1 Å². The lowest BCUT2D eigenvalue weighted by atomic mass is 9.98. The number of aryl methyl sites for hydroxylation is 1. The largest absolute Gasteiger partial charge is 0.510 e. The van der Waals surface area contributed by atoms with Gasteiger partial charge in [-0.2, -0.15) is 0 Å². The first kappa shape index (κ1) is 106. The van der Waals surface area contributed by atoms with Crippen LogP contribution in [0.15, 0.2) is 191 Å². The first-order valence-electron chi connectivity index (χ1n) is 37.9. The van der Waals surface area contributed by atoms with Crippen molar-refractivity contribution < 1.29 is 94.8 Å². The van der Waals surface area contributed by atoms with Gasteiger partial charge < -0.3 is 38.7 Å². The van der Waals surface area contributed by atoms with E-state index in [4.69, 9.17) is 151 Å².